The fourth-order valence-electron chi connectivity index (χ4n) is 1.43. The highest BCUT2D eigenvalue weighted by atomic mass is 16.8. The number of epoxide rings is 1. The van der Waals surface area contributed by atoms with E-state index in [4.69, 9.17) is 14.2 Å². The number of benzene rings is 1. The molecule has 2 rings (SSSR count). The molecule has 0 aliphatic carbocycles. The monoisotopic (exact) mass is 206 g/mol. The normalized spacial score (nSPS) is 23.5. The highest BCUT2D eigenvalue weighted by Crippen LogP contribution is 2.39. The van der Waals surface area contributed by atoms with E-state index >= 15 is 0 Å². The van der Waals surface area contributed by atoms with Gasteiger partial charge in [-0.25, -0.2) is 0 Å². The first-order valence-corrected chi connectivity index (χ1v) is 4.93. The second-order valence-electron chi connectivity index (χ2n) is 3.29. The molecule has 1 fully saturated rings. The van der Waals surface area contributed by atoms with Crippen molar-refractivity contribution in [3.8, 4) is 0 Å². The molecular formula is C12H14O3. The highest BCUT2D eigenvalue weighted by Gasteiger charge is 2.48. The molecule has 0 bridgehead atoms. The van der Waals surface area contributed by atoms with Crippen LogP contribution in [0.5, 0.6) is 0 Å². The van der Waals surface area contributed by atoms with Crippen molar-refractivity contribution in [2.24, 2.45) is 0 Å². The Bertz CT molecular complexity index is 317. The van der Waals surface area contributed by atoms with Crippen LogP contribution in [0.25, 0.3) is 0 Å². The lowest BCUT2D eigenvalue weighted by atomic mass is 10.1. The van der Waals surface area contributed by atoms with Gasteiger partial charge in [-0.3, -0.25) is 0 Å². The highest BCUT2D eigenvalue weighted by molar-refractivity contribution is 5.23. The number of ether oxygens (including phenoxy) is 3. The van der Waals surface area contributed by atoms with Gasteiger partial charge in [-0.2, -0.15) is 0 Å². The van der Waals surface area contributed by atoms with Crippen molar-refractivity contribution < 1.29 is 14.2 Å². The zero-order valence-electron chi connectivity index (χ0n) is 8.52. The van der Waals surface area contributed by atoms with Crippen molar-refractivity contribution in [2.45, 2.75) is 5.79 Å². The molecule has 0 saturated carbocycles. The smallest absolute Gasteiger partial charge is 0.219 e. The van der Waals surface area contributed by atoms with Crippen molar-refractivity contribution in [3.05, 3.63) is 48.7 Å². The van der Waals surface area contributed by atoms with Crippen LogP contribution in [0, 0.1) is 0 Å². The first kappa shape index (κ1) is 10.2. The Labute approximate surface area is 89.3 Å². The molecule has 1 heterocycles. The maximum absolute atomic E-state index is 5.63. The summed E-state index contributed by atoms with van der Waals surface area (Å²) in [7, 11) is 0. The van der Waals surface area contributed by atoms with Gasteiger partial charge in [-0.05, 0) is 0 Å². The molecule has 1 aromatic rings. The average Bonchev–Trinajstić information content (AvgIpc) is 3.07. The molecule has 80 valence electrons. The minimum absolute atomic E-state index is 0.501. The summed E-state index contributed by atoms with van der Waals surface area (Å²) in [5.41, 5.74) is 1.06. The molecular weight excluding hydrogens is 192 g/mol. The fraction of sp³-hybridized carbons (Fsp3) is 0.333. The van der Waals surface area contributed by atoms with Crippen LogP contribution in [0.1, 0.15) is 5.56 Å². The summed E-state index contributed by atoms with van der Waals surface area (Å²) in [5.74, 6) is -0.522. The quantitative estimate of drug-likeness (QED) is 0.405. The van der Waals surface area contributed by atoms with E-state index in [1.807, 2.05) is 30.3 Å². The summed E-state index contributed by atoms with van der Waals surface area (Å²) >= 11 is 0. The lowest BCUT2D eigenvalue weighted by molar-refractivity contribution is -0.0611. The van der Waals surface area contributed by atoms with Crippen LogP contribution in [0.3, 0.4) is 0 Å². The van der Waals surface area contributed by atoms with E-state index in [0.717, 1.165) is 5.56 Å². The van der Waals surface area contributed by atoms with E-state index in [2.05, 4.69) is 6.58 Å². The van der Waals surface area contributed by atoms with E-state index < -0.39 is 5.79 Å². The van der Waals surface area contributed by atoms with E-state index in [1.165, 1.54) is 6.26 Å². The van der Waals surface area contributed by atoms with E-state index in [0.29, 0.717) is 19.8 Å². The molecule has 1 unspecified atom stereocenters. The minimum Gasteiger partial charge on any atom is -0.499 e. The largest absolute Gasteiger partial charge is 0.499 e. The molecule has 3 heteroatoms. The standard InChI is InChI=1S/C12H14O3/c1-2-13-8-9-14-12(10-15-12)11-6-4-3-5-7-11/h2-7H,1,8-10H2. The van der Waals surface area contributed by atoms with Crippen LogP contribution < -0.4 is 0 Å². The van der Waals surface area contributed by atoms with Crippen LogP contribution in [0.4, 0.5) is 0 Å². The molecule has 0 N–H and O–H groups in total. The fourth-order valence-corrected chi connectivity index (χ4v) is 1.43. The maximum Gasteiger partial charge on any atom is 0.219 e. The maximum atomic E-state index is 5.63. The number of rotatable bonds is 6. The predicted molar refractivity (Wildman–Crippen MR) is 56.2 cm³/mol. The minimum atomic E-state index is -0.522. The van der Waals surface area contributed by atoms with Crippen molar-refractivity contribution in [3.63, 3.8) is 0 Å². The summed E-state index contributed by atoms with van der Waals surface area (Å²) in [5, 5.41) is 0. The molecule has 1 atom stereocenters. The van der Waals surface area contributed by atoms with E-state index in [-0.39, 0.29) is 0 Å². The Morgan fingerprint density at radius 1 is 1.33 bits per heavy atom. The Morgan fingerprint density at radius 3 is 2.67 bits per heavy atom. The second kappa shape index (κ2) is 4.47. The van der Waals surface area contributed by atoms with Crippen molar-refractivity contribution >= 4 is 0 Å². The first-order chi connectivity index (χ1) is 7.37. The Hall–Kier alpha value is -1.32. The topological polar surface area (TPSA) is 31.0 Å². The van der Waals surface area contributed by atoms with Gasteiger partial charge in [0.1, 0.15) is 13.2 Å². The summed E-state index contributed by atoms with van der Waals surface area (Å²) < 4.78 is 16.0. The van der Waals surface area contributed by atoms with Gasteiger partial charge < -0.3 is 14.2 Å². The third kappa shape index (κ3) is 2.37. The van der Waals surface area contributed by atoms with Gasteiger partial charge in [0.05, 0.1) is 12.9 Å². The third-order valence-corrected chi connectivity index (χ3v) is 2.27. The molecule has 1 aliphatic rings. The number of hydrogen-bond acceptors (Lipinski definition) is 3. The molecule has 3 nitrogen and oxygen atoms in total. The van der Waals surface area contributed by atoms with Crippen LogP contribution in [-0.2, 0) is 20.0 Å². The lowest BCUT2D eigenvalue weighted by Crippen LogP contribution is -2.16. The van der Waals surface area contributed by atoms with E-state index in [1.54, 1.807) is 0 Å². The first-order valence-electron chi connectivity index (χ1n) is 4.93. The van der Waals surface area contributed by atoms with Crippen LogP contribution >= 0.6 is 0 Å². The zero-order valence-corrected chi connectivity index (χ0v) is 8.52. The summed E-state index contributed by atoms with van der Waals surface area (Å²) in [6.07, 6.45) is 1.41. The molecule has 0 radical (unpaired) electrons. The molecule has 0 spiro atoms. The third-order valence-electron chi connectivity index (χ3n) is 2.27. The number of hydrogen-bond donors (Lipinski definition) is 0. The van der Waals surface area contributed by atoms with Gasteiger partial charge in [0.15, 0.2) is 0 Å². The van der Waals surface area contributed by atoms with Gasteiger partial charge in [0.2, 0.25) is 5.79 Å². The molecule has 15 heavy (non-hydrogen) atoms. The molecule has 1 saturated heterocycles. The summed E-state index contributed by atoms with van der Waals surface area (Å²) in [6, 6.07) is 9.92. The molecule has 0 aromatic heterocycles. The van der Waals surface area contributed by atoms with Gasteiger partial charge in [0, 0.05) is 5.56 Å². The summed E-state index contributed by atoms with van der Waals surface area (Å²) in [6.45, 7) is 5.08. The second-order valence-corrected chi connectivity index (χ2v) is 3.29. The van der Waals surface area contributed by atoms with Crippen molar-refractivity contribution in [1.82, 2.24) is 0 Å². The summed E-state index contributed by atoms with van der Waals surface area (Å²) in [4.78, 5) is 0. The predicted octanol–water partition coefficient (Wildman–Crippen LogP) is 2.05. The Kier molecular flexibility index (Phi) is 3.04. The molecule has 1 aromatic carbocycles. The van der Waals surface area contributed by atoms with Gasteiger partial charge in [0.25, 0.3) is 0 Å². The van der Waals surface area contributed by atoms with E-state index in [9.17, 15) is 0 Å². The molecule has 1 aliphatic heterocycles. The van der Waals surface area contributed by atoms with Crippen LogP contribution in [0.15, 0.2) is 43.2 Å². The van der Waals surface area contributed by atoms with Crippen molar-refractivity contribution in [2.75, 3.05) is 19.8 Å². The van der Waals surface area contributed by atoms with Crippen LogP contribution in [0.2, 0.25) is 0 Å². The average molecular weight is 206 g/mol. The SMILES string of the molecule is C=COCCOC1(c2ccccc2)CO1. The van der Waals surface area contributed by atoms with Crippen molar-refractivity contribution in [1.29, 1.82) is 0 Å². The Balaban J connectivity index is 1.88. The molecule has 0 amide bonds. The Morgan fingerprint density at radius 2 is 2.07 bits per heavy atom. The lowest BCUT2D eigenvalue weighted by Gasteiger charge is -2.13. The van der Waals surface area contributed by atoms with Gasteiger partial charge in [-0.1, -0.05) is 36.9 Å². The van der Waals surface area contributed by atoms with Gasteiger partial charge >= 0.3 is 0 Å². The van der Waals surface area contributed by atoms with Gasteiger partial charge in [-0.15, -0.1) is 0 Å². The van der Waals surface area contributed by atoms with Crippen LogP contribution in [-0.4, -0.2) is 19.8 Å². The zero-order chi connectivity index (χ0) is 10.6.